The average molecular weight is 245 g/mol. The average Bonchev–Trinajstić information content (AvgIpc) is 2.24. The van der Waals surface area contributed by atoms with Crippen molar-refractivity contribution in [1.29, 1.82) is 0 Å². The van der Waals surface area contributed by atoms with Gasteiger partial charge in [-0.1, -0.05) is 6.92 Å². The summed E-state index contributed by atoms with van der Waals surface area (Å²) in [6, 6.07) is 0.377. The number of carbonyl (C=O) groups excluding carboxylic acids is 1. The number of nitrogens with two attached hydrogens (primary N) is 2. The molecule has 0 spiro atoms. The molecule has 17 heavy (non-hydrogen) atoms. The molecule has 0 saturated carbocycles. The summed E-state index contributed by atoms with van der Waals surface area (Å²) in [5.74, 6) is -0.439. The normalized spacial score (nSPS) is 16.8. The van der Waals surface area contributed by atoms with E-state index in [9.17, 15) is 4.79 Å². The van der Waals surface area contributed by atoms with E-state index in [4.69, 9.17) is 16.2 Å². The number of ether oxygens (including phenoxy) is 1. The zero-order valence-corrected chi connectivity index (χ0v) is 11.5. The van der Waals surface area contributed by atoms with E-state index in [1.54, 1.807) is 14.0 Å². The quantitative estimate of drug-likeness (QED) is 0.613. The Labute approximate surface area is 104 Å². The number of carbonyl (C=O) groups is 1. The van der Waals surface area contributed by atoms with Gasteiger partial charge < -0.3 is 16.2 Å². The lowest BCUT2D eigenvalue weighted by atomic mass is 9.96. The van der Waals surface area contributed by atoms with E-state index in [1.165, 1.54) is 0 Å². The van der Waals surface area contributed by atoms with Gasteiger partial charge in [0, 0.05) is 13.2 Å². The summed E-state index contributed by atoms with van der Waals surface area (Å²) >= 11 is 0. The van der Waals surface area contributed by atoms with E-state index in [2.05, 4.69) is 18.7 Å². The maximum absolute atomic E-state index is 11.1. The Balaban J connectivity index is 4.04. The molecule has 0 heterocycles. The van der Waals surface area contributed by atoms with Gasteiger partial charge in [0.2, 0.25) is 5.91 Å². The predicted molar refractivity (Wildman–Crippen MR) is 69.6 cm³/mol. The minimum atomic E-state index is -0.899. The van der Waals surface area contributed by atoms with Crippen molar-refractivity contribution in [3.63, 3.8) is 0 Å². The molecule has 4 N–H and O–H groups in total. The molecule has 0 aromatic heterocycles. The molecule has 0 aliphatic carbocycles. The summed E-state index contributed by atoms with van der Waals surface area (Å²) in [4.78, 5) is 13.4. The van der Waals surface area contributed by atoms with Crippen molar-refractivity contribution in [2.75, 3.05) is 26.8 Å². The molecule has 0 fully saturated rings. The van der Waals surface area contributed by atoms with Crippen LogP contribution in [-0.2, 0) is 9.53 Å². The van der Waals surface area contributed by atoms with E-state index in [1.807, 2.05) is 0 Å². The number of methoxy groups -OCH3 is 1. The number of hydrogen-bond donors (Lipinski definition) is 2. The minimum absolute atomic E-state index is 0.377. The number of hydrogen-bond acceptors (Lipinski definition) is 4. The molecule has 2 unspecified atom stereocenters. The maximum Gasteiger partial charge on any atom is 0.237 e. The molecule has 0 aromatic rings. The Morgan fingerprint density at radius 3 is 2.53 bits per heavy atom. The van der Waals surface area contributed by atoms with E-state index in [0.717, 1.165) is 19.5 Å². The first-order valence-electron chi connectivity index (χ1n) is 6.17. The Hall–Kier alpha value is -0.650. The van der Waals surface area contributed by atoms with Crippen molar-refractivity contribution in [1.82, 2.24) is 4.90 Å². The van der Waals surface area contributed by atoms with Gasteiger partial charge in [0.25, 0.3) is 0 Å². The smallest absolute Gasteiger partial charge is 0.237 e. The molecular formula is C12H27N3O2. The largest absolute Gasteiger partial charge is 0.383 e. The van der Waals surface area contributed by atoms with Gasteiger partial charge in [0.15, 0.2) is 0 Å². The summed E-state index contributed by atoms with van der Waals surface area (Å²) < 4.78 is 5.13. The van der Waals surface area contributed by atoms with Crippen LogP contribution in [0.5, 0.6) is 0 Å². The van der Waals surface area contributed by atoms with Crippen LogP contribution < -0.4 is 11.5 Å². The Morgan fingerprint density at radius 2 is 2.12 bits per heavy atom. The molecule has 5 nitrogen and oxygen atoms in total. The van der Waals surface area contributed by atoms with Crippen molar-refractivity contribution in [2.24, 2.45) is 11.5 Å². The Kier molecular flexibility index (Phi) is 7.34. The number of likely N-dealkylation sites (N-methyl/N-ethyl adjacent to an activating group) is 1. The van der Waals surface area contributed by atoms with Crippen LogP contribution in [0.4, 0.5) is 0 Å². The van der Waals surface area contributed by atoms with Crippen molar-refractivity contribution in [3.05, 3.63) is 0 Å². The molecule has 1 amide bonds. The Bertz CT molecular complexity index is 232. The molecule has 2 atom stereocenters. The fourth-order valence-corrected chi connectivity index (χ4v) is 1.81. The number of rotatable bonds is 9. The van der Waals surface area contributed by atoms with Crippen molar-refractivity contribution in [3.8, 4) is 0 Å². The minimum Gasteiger partial charge on any atom is -0.383 e. The summed E-state index contributed by atoms with van der Waals surface area (Å²) in [5, 5.41) is 0. The van der Waals surface area contributed by atoms with Crippen LogP contribution in [0.2, 0.25) is 0 Å². The first-order chi connectivity index (χ1) is 7.85. The summed E-state index contributed by atoms with van der Waals surface area (Å²) in [6.07, 6.45) is 1.47. The lowest BCUT2D eigenvalue weighted by molar-refractivity contribution is -0.122. The van der Waals surface area contributed by atoms with E-state index in [-0.39, 0.29) is 0 Å². The lowest BCUT2D eigenvalue weighted by Crippen LogP contribution is -2.49. The highest BCUT2D eigenvalue weighted by Gasteiger charge is 2.25. The van der Waals surface area contributed by atoms with Gasteiger partial charge in [0.1, 0.15) is 0 Å². The van der Waals surface area contributed by atoms with E-state index >= 15 is 0 Å². The third-order valence-corrected chi connectivity index (χ3v) is 3.14. The van der Waals surface area contributed by atoms with Crippen LogP contribution in [-0.4, -0.2) is 49.2 Å². The molecular weight excluding hydrogens is 218 g/mol. The van der Waals surface area contributed by atoms with Gasteiger partial charge in [0.05, 0.1) is 12.1 Å². The highest BCUT2D eigenvalue weighted by atomic mass is 16.5. The molecule has 5 heteroatoms. The van der Waals surface area contributed by atoms with Crippen molar-refractivity contribution < 1.29 is 9.53 Å². The fourth-order valence-electron chi connectivity index (χ4n) is 1.81. The van der Waals surface area contributed by atoms with Gasteiger partial charge in [-0.2, -0.15) is 0 Å². The second kappa shape index (κ2) is 7.63. The maximum atomic E-state index is 11.1. The third kappa shape index (κ3) is 6.00. The molecule has 0 aliphatic rings. The molecule has 0 radical (unpaired) electrons. The standard InChI is InChI=1S/C12H27N3O2/c1-5-15(10(2)9-17-4)8-6-7-12(3,14)11(13)16/h10H,5-9,14H2,1-4H3,(H2,13,16). The van der Waals surface area contributed by atoms with Crippen LogP contribution >= 0.6 is 0 Å². The topological polar surface area (TPSA) is 81.6 Å². The van der Waals surface area contributed by atoms with Crippen LogP contribution in [0.1, 0.15) is 33.6 Å². The molecule has 102 valence electrons. The van der Waals surface area contributed by atoms with Gasteiger partial charge in [-0.25, -0.2) is 0 Å². The second-order valence-electron chi connectivity index (χ2n) is 4.82. The fraction of sp³-hybridized carbons (Fsp3) is 0.917. The lowest BCUT2D eigenvalue weighted by Gasteiger charge is -2.28. The van der Waals surface area contributed by atoms with Crippen LogP contribution in [0.25, 0.3) is 0 Å². The molecule has 0 bridgehead atoms. The summed E-state index contributed by atoms with van der Waals surface area (Å²) in [5.41, 5.74) is 10.1. The molecule has 0 rings (SSSR count). The van der Waals surface area contributed by atoms with E-state index < -0.39 is 11.4 Å². The van der Waals surface area contributed by atoms with Crippen LogP contribution in [0.3, 0.4) is 0 Å². The van der Waals surface area contributed by atoms with Gasteiger partial charge in [-0.3, -0.25) is 9.69 Å². The summed E-state index contributed by atoms with van der Waals surface area (Å²) in [7, 11) is 1.70. The van der Waals surface area contributed by atoms with Crippen LogP contribution in [0.15, 0.2) is 0 Å². The first kappa shape index (κ1) is 16.4. The number of primary amides is 1. The molecule has 0 aliphatic heterocycles. The number of amides is 1. The molecule has 0 aromatic carbocycles. The zero-order chi connectivity index (χ0) is 13.5. The second-order valence-corrected chi connectivity index (χ2v) is 4.82. The van der Waals surface area contributed by atoms with Crippen molar-refractivity contribution >= 4 is 5.91 Å². The highest BCUT2D eigenvalue weighted by Crippen LogP contribution is 2.10. The third-order valence-electron chi connectivity index (χ3n) is 3.14. The van der Waals surface area contributed by atoms with Gasteiger partial charge >= 0.3 is 0 Å². The Morgan fingerprint density at radius 1 is 1.53 bits per heavy atom. The van der Waals surface area contributed by atoms with Gasteiger partial charge in [-0.05, 0) is 39.8 Å². The predicted octanol–water partition coefficient (Wildman–Crippen LogP) is 0.326. The first-order valence-corrected chi connectivity index (χ1v) is 6.17. The SMILES string of the molecule is CCN(CCCC(C)(N)C(N)=O)C(C)COC. The summed E-state index contributed by atoms with van der Waals surface area (Å²) in [6.45, 7) is 8.50. The molecule has 0 saturated heterocycles. The van der Waals surface area contributed by atoms with Crippen LogP contribution in [0, 0.1) is 0 Å². The van der Waals surface area contributed by atoms with Crippen molar-refractivity contribution in [2.45, 2.75) is 45.2 Å². The number of nitrogens with zero attached hydrogens (tertiary/aromatic N) is 1. The zero-order valence-electron chi connectivity index (χ0n) is 11.5. The highest BCUT2D eigenvalue weighted by molar-refractivity contribution is 5.83. The van der Waals surface area contributed by atoms with E-state index in [0.29, 0.717) is 19.1 Å². The monoisotopic (exact) mass is 245 g/mol. The van der Waals surface area contributed by atoms with Gasteiger partial charge in [-0.15, -0.1) is 0 Å².